The summed E-state index contributed by atoms with van der Waals surface area (Å²) in [6.45, 7) is 8.37. The molecule has 0 spiro atoms. The van der Waals surface area contributed by atoms with Crippen LogP contribution in [-0.4, -0.2) is 57.3 Å². The van der Waals surface area contributed by atoms with E-state index >= 15 is 0 Å². The van der Waals surface area contributed by atoms with Gasteiger partial charge < -0.3 is 10.2 Å². The van der Waals surface area contributed by atoms with Gasteiger partial charge in [0.05, 0.1) is 5.52 Å². The molecule has 29 heavy (non-hydrogen) atoms. The minimum absolute atomic E-state index is 0.564. The van der Waals surface area contributed by atoms with Crippen LogP contribution in [-0.2, 0) is 0 Å². The maximum atomic E-state index is 6.26. The van der Waals surface area contributed by atoms with Gasteiger partial charge in [-0.05, 0) is 44.9 Å². The maximum absolute atomic E-state index is 6.26. The first-order valence-corrected chi connectivity index (χ1v) is 10.7. The van der Waals surface area contributed by atoms with Crippen molar-refractivity contribution in [2.75, 3.05) is 36.4 Å². The van der Waals surface area contributed by atoms with Crippen molar-refractivity contribution in [3.8, 4) is 0 Å². The van der Waals surface area contributed by atoms with E-state index in [1.807, 2.05) is 18.2 Å². The molecule has 8 heteroatoms. The largest absolute Gasteiger partial charge is 0.338 e. The number of hydrogen-bond donors (Lipinski definition) is 2. The lowest BCUT2D eigenvalue weighted by atomic mass is 10.2. The predicted molar refractivity (Wildman–Crippen MR) is 117 cm³/mol. The Labute approximate surface area is 175 Å². The van der Waals surface area contributed by atoms with Crippen molar-refractivity contribution in [1.29, 1.82) is 0 Å². The Morgan fingerprint density at radius 2 is 1.90 bits per heavy atom. The van der Waals surface area contributed by atoms with Crippen molar-refractivity contribution in [3.05, 3.63) is 35.0 Å². The third-order valence-electron chi connectivity index (χ3n) is 5.83. The Kier molecular flexibility index (Phi) is 4.80. The summed E-state index contributed by atoms with van der Waals surface area (Å²) in [4.78, 5) is 14.4. The third kappa shape index (κ3) is 3.89. The number of nitrogens with zero attached hydrogens (tertiary/aromatic N) is 5. The zero-order chi connectivity index (χ0) is 20.0. The number of benzene rings is 1. The molecule has 1 aliphatic heterocycles. The summed E-state index contributed by atoms with van der Waals surface area (Å²) in [5, 5.41) is 12.5. The monoisotopic (exact) mass is 411 g/mol. The van der Waals surface area contributed by atoms with Crippen molar-refractivity contribution in [2.24, 2.45) is 0 Å². The zero-order valence-corrected chi connectivity index (χ0v) is 17.6. The van der Waals surface area contributed by atoms with Crippen molar-refractivity contribution in [1.82, 2.24) is 25.1 Å². The van der Waals surface area contributed by atoms with Crippen LogP contribution < -0.4 is 10.2 Å². The fraction of sp³-hybridized carbons (Fsp3) is 0.476. The average Bonchev–Trinajstić information content (AvgIpc) is 3.47. The van der Waals surface area contributed by atoms with Crippen LogP contribution in [0.4, 0.5) is 17.6 Å². The van der Waals surface area contributed by atoms with E-state index in [1.165, 1.54) is 18.5 Å². The van der Waals surface area contributed by atoms with Crippen molar-refractivity contribution in [3.63, 3.8) is 0 Å². The smallest absolute Gasteiger partial charge is 0.227 e. The summed E-state index contributed by atoms with van der Waals surface area (Å²) in [6, 6.07) is 8.39. The molecule has 1 aliphatic carbocycles. The predicted octanol–water partition coefficient (Wildman–Crippen LogP) is 4.16. The molecule has 2 fully saturated rings. The number of hydrogen-bond acceptors (Lipinski definition) is 6. The molecule has 2 N–H and O–H groups in total. The summed E-state index contributed by atoms with van der Waals surface area (Å²) in [5.41, 5.74) is 2.07. The van der Waals surface area contributed by atoms with Gasteiger partial charge >= 0.3 is 0 Å². The van der Waals surface area contributed by atoms with Crippen LogP contribution in [0.1, 0.15) is 38.3 Å². The van der Waals surface area contributed by atoms with Gasteiger partial charge in [0.25, 0.3) is 0 Å². The van der Waals surface area contributed by atoms with Crippen LogP contribution in [0, 0.1) is 0 Å². The van der Waals surface area contributed by atoms with E-state index < -0.39 is 0 Å². The second-order valence-corrected chi connectivity index (χ2v) is 8.69. The molecular formula is C21H26ClN7. The molecule has 2 aromatic heterocycles. The number of piperazine rings is 1. The summed E-state index contributed by atoms with van der Waals surface area (Å²) in [5.74, 6) is 2.90. The Bertz CT molecular complexity index is 1020. The number of halogens is 1. The molecule has 152 valence electrons. The topological polar surface area (TPSA) is 73.0 Å². The molecule has 2 aliphatic rings. The minimum atomic E-state index is 0.564. The van der Waals surface area contributed by atoms with E-state index in [9.17, 15) is 0 Å². The number of aromatic amines is 1. The molecule has 0 unspecified atom stereocenters. The number of rotatable bonds is 5. The molecule has 5 rings (SSSR count). The highest BCUT2D eigenvalue weighted by atomic mass is 35.5. The van der Waals surface area contributed by atoms with E-state index in [4.69, 9.17) is 21.6 Å². The first kappa shape index (κ1) is 18.6. The third-order valence-corrected chi connectivity index (χ3v) is 6.07. The highest BCUT2D eigenvalue weighted by Crippen LogP contribution is 2.40. The lowest BCUT2D eigenvalue weighted by Crippen LogP contribution is -2.49. The standard InChI is InChI=1S/C21H26ClN7/c1-13(2)28-7-9-29(10-8-28)21-23-17-6-5-15(22)11-16(17)20(25-21)24-19-12-18(26-27-19)14-3-4-14/h5-6,11-14H,3-4,7-10H2,1-2H3,(H2,23,24,25,26,27). The fourth-order valence-electron chi connectivity index (χ4n) is 3.89. The Balaban J connectivity index is 1.46. The van der Waals surface area contributed by atoms with E-state index in [2.05, 4.69) is 45.2 Å². The Hall–Kier alpha value is -2.38. The fourth-order valence-corrected chi connectivity index (χ4v) is 4.06. The van der Waals surface area contributed by atoms with Gasteiger partial charge in [-0.3, -0.25) is 10.00 Å². The lowest BCUT2D eigenvalue weighted by molar-refractivity contribution is 0.208. The summed E-state index contributed by atoms with van der Waals surface area (Å²) >= 11 is 6.26. The van der Waals surface area contributed by atoms with Crippen molar-refractivity contribution >= 4 is 40.1 Å². The normalized spacial score (nSPS) is 18.0. The second kappa shape index (κ2) is 7.46. The molecule has 0 bridgehead atoms. The number of fused-ring (bicyclic) bond motifs is 1. The molecule has 1 saturated carbocycles. The van der Waals surface area contributed by atoms with Crippen LogP contribution in [0.3, 0.4) is 0 Å². The Morgan fingerprint density at radius 1 is 1.10 bits per heavy atom. The molecule has 1 aromatic carbocycles. The van der Waals surface area contributed by atoms with Gasteiger partial charge in [-0.15, -0.1) is 0 Å². The number of nitrogens with one attached hydrogen (secondary N) is 2. The van der Waals surface area contributed by atoms with E-state index in [1.54, 1.807) is 0 Å². The van der Waals surface area contributed by atoms with Crippen molar-refractivity contribution in [2.45, 2.75) is 38.6 Å². The molecule has 1 saturated heterocycles. The Morgan fingerprint density at radius 3 is 2.62 bits per heavy atom. The van der Waals surface area contributed by atoms with E-state index in [-0.39, 0.29) is 0 Å². The minimum Gasteiger partial charge on any atom is -0.338 e. The molecule has 0 amide bonds. The summed E-state index contributed by atoms with van der Waals surface area (Å²) < 4.78 is 0. The van der Waals surface area contributed by atoms with Gasteiger partial charge in [0.1, 0.15) is 5.82 Å². The molecule has 3 aromatic rings. The molecular weight excluding hydrogens is 386 g/mol. The van der Waals surface area contributed by atoms with Gasteiger partial charge in [-0.25, -0.2) is 4.98 Å². The summed E-state index contributed by atoms with van der Waals surface area (Å²) in [7, 11) is 0. The average molecular weight is 412 g/mol. The first-order valence-electron chi connectivity index (χ1n) is 10.4. The van der Waals surface area contributed by atoms with Gasteiger partial charge in [0.15, 0.2) is 5.82 Å². The van der Waals surface area contributed by atoms with Crippen LogP contribution in [0.15, 0.2) is 24.3 Å². The van der Waals surface area contributed by atoms with Gasteiger partial charge in [0, 0.05) is 60.3 Å². The van der Waals surface area contributed by atoms with Gasteiger partial charge in [-0.2, -0.15) is 10.1 Å². The summed E-state index contributed by atoms with van der Waals surface area (Å²) in [6.07, 6.45) is 2.47. The highest BCUT2D eigenvalue weighted by molar-refractivity contribution is 6.31. The van der Waals surface area contributed by atoms with Crippen LogP contribution in [0.5, 0.6) is 0 Å². The molecule has 0 radical (unpaired) electrons. The van der Waals surface area contributed by atoms with Gasteiger partial charge in [0.2, 0.25) is 5.95 Å². The van der Waals surface area contributed by atoms with Crippen LogP contribution in [0.25, 0.3) is 10.9 Å². The first-order chi connectivity index (χ1) is 14.1. The zero-order valence-electron chi connectivity index (χ0n) is 16.8. The molecule has 3 heterocycles. The lowest BCUT2D eigenvalue weighted by Gasteiger charge is -2.37. The molecule has 7 nitrogen and oxygen atoms in total. The van der Waals surface area contributed by atoms with Crippen molar-refractivity contribution < 1.29 is 0 Å². The number of anilines is 3. The van der Waals surface area contributed by atoms with E-state index in [0.29, 0.717) is 17.0 Å². The highest BCUT2D eigenvalue weighted by Gasteiger charge is 2.26. The SMILES string of the molecule is CC(C)N1CCN(c2nc(Nc3cc(C4CC4)[nH]n3)c3cc(Cl)ccc3n2)CC1. The quantitative estimate of drug-likeness (QED) is 0.656. The number of H-pyrrole nitrogens is 1. The van der Waals surface area contributed by atoms with E-state index in [0.717, 1.165) is 54.7 Å². The van der Waals surface area contributed by atoms with Crippen LogP contribution in [0.2, 0.25) is 5.02 Å². The second-order valence-electron chi connectivity index (χ2n) is 8.26. The number of aromatic nitrogens is 4. The van der Waals surface area contributed by atoms with Crippen LogP contribution >= 0.6 is 11.6 Å². The maximum Gasteiger partial charge on any atom is 0.227 e. The molecule has 0 atom stereocenters. The van der Waals surface area contributed by atoms with Gasteiger partial charge in [-0.1, -0.05) is 11.6 Å².